The largest absolute Gasteiger partial charge is 0.353 e. The summed E-state index contributed by atoms with van der Waals surface area (Å²) in [5, 5.41) is 3.08. The van der Waals surface area contributed by atoms with Crippen molar-refractivity contribution in [3.63, 3.8) is 0 Å². The molecule has 0 bridgehead atoms. The van der Waals surface area contributed by atoms with Gasteiger partial charge in [-0.2, -0.15) is 0 Å². The van der Waals surface area contributed by atoms with Gasteiger partial charge in [0.1, 0.15) is 5.82 Å². The molecule has 37 heavy (non-hydrogen) atoms. The molecular weight excluding hydrogens is 460 g/mol. The number of anilines is 2. The summed E-state index contributed by atoms with van der Waals surface area (Å²) in [5.74, 6) is 1.24. The maximum Gasteiger partial charge on any atom is 0.227 e. The van der Waals surface area contributed by atoms with E-state index in [-0.39, 0.29) is 11.8 Å². The molecule has 1 saturated heterocycles. The molecule has 7 heteroatoms. The number of pyridine rings is 1. The number of fused-ring (bicyclic) bond motifs is 1. The van der Waals surface area contributed by atoms with Crippen LogP contribution >= 0.6 is 0 Å². The van der Waals surface area contributed by atoms with Crippen LogP contribution in [-0.4, -0.2) is 51.9 Å². The van der Waals surface area contributed by atoms with E-state index in [1.54, 1.807) is 0 Å². The molecule has 2 fully saturated rings. The Hall–Kier alpha value is -3.84. The van der Waals surface area contributed by atoms with Gasteiger partial charge in [0.2, 0.25) is 5.91 Å². The number of amides is 1. The molecule has 2 aromatic carbocycles. The highest BCUT2D eigenvalue weighted by molar-refractivity contribution is 5.93. The number of hydrogen-bond acceptors (Lipinski definition) is 6. The summed E-state index contributed by atoms with van der Waals surface area (Å²) in [6.07, 6.45) is 9.98. The fourth-order valence-electron chi connectivity index (χ4n) is 5.40. The summed E-state index contributed by atoms with van der Waals surface area (Å²) < 4.78 is 0. The van der Waals surface area contributed by atoms with Gasteiger partial charge in [0.25, 0.3) is 0 Å². The van der Waals surface area contributed by atoms with Crippen LogP contribution in [0.15, 0.2) is 73.2 Å². The lowest BCUT2D eigenvalue weighted by atomic mass is 10.0. The van der Waals surface area contributed by atoms with E-state index in [1.165, 1.54) is 5.56 Å². The van der Waals surface area contributed by atoms with E-state index in [0.717, 1.165) is 92.1 Å². The molecule has 4 aromatic rings. The smallest absolute Gasteiger partial charge is 0.227 e. The summed E-state index contributed by atoms with van der Waals surface area (Å²) >= 11 is 0. The van der Waals surface area contributed by atoms with Crippen LogP contribution in [0.1, 0.15) is 31.2 Å². The van der Waals surface area contributed by atoms with E-state index in [2.05, 4.69) is 55.4 Å². The van der Waals surface area contributed by atoms with Crippen LogP contribution in [0.4, 0.5) is 11.5 Å². The number of nitrogens with one attached hydrogen (secondary N) is 1. The van der Waals surface area contributed by atoms with Gasteiger partial charge in [0.15, 0.2) is 0 Å². The molecule has 3 heterocycles. The second-order valence-electron chi connectivity index (χ2n) is 10.1. The molecule has 7 nitrogen and oxygen atoms in total. The predicted molar refractivity (Wildman–Crippen MR) is 147 cm³/mol. The topological polar surface area (TPSA) is 74.2 Å². The molecule has 1 saturated carbocycles. The van der Waals surface area contributed by atoms with Gasteiger partial charge in [0.05, 0.1) is 17.2 Å². The number of nitrogens with zero attached hydrogens (tertiary/aromatic N) is 5. The van der Waals surface area contributed by atoms with Gasteiger partial charge in [-0.1, -0.05) is 37.1 Å². The van der Waals surface area contributed by atoms with E-state index in [1.807, 2.05) is 42.9 Å². The molecule has 1 N–H and O–H groups in total. The number of carbonyl (C=O) groups is 1. The minimum absolute atomic E-state index is 0.150. The highest BCUT2D eigenvalue weighted by Gasteiger charge is 2.22. The van der Waals surface area contributed by atoms with E-state index < -0.39 is 0 Å². The second-order valence-corrected chi connectivity index (χ2v) is 10.1. The van der Waals surface area contributed by atoms with Gasteiger partial charge in [-0.05, 0) is 59.9 Å². The molecule has 0 atom stereocenters. The molecule has 2 aliphatic rings. The first-order chi connectivity index (χ1) is 18.2. The van der Waals surface area contributed by atoms with Crippen molar-refractivity contribution in [3.8, 4) is 11.1 Å². The lowest BCUT2D eigenvalue weighted by Crippen LogP contribution is -2.46. The van der Waals surface area contributed by atoms with Crippen LogP contribution in [0.5, 0.6) is 0 Å². The van der Waals surface area contributed by atoms with E-state index in [0.29, 0.717) is 0 Å². The summed E-state index contributed by atoms with van der Waals surface area (Å²) in [6.45, 7) is 4.75. The van der Waals surface area contributed by atoms with Crippen molar-refractivity contribution in [1.29, 1.82) is 0 Å². The first kappa shape index (κ1) is 23.6. The second kappa shape index (κ2) is 10.6. The van der Waals surface area contributed by atoms with Crippen molar-refractivity contribution < 1.29 is 4.79 Å². The van der Waals surface area contributed by atoms with Crippen LogP contribution in [0, 0.1) is 5.92 Å². The Balaban J connectivity index is 1.12. The zero-order valence-electron chi connectivity index (χ0n) is 21.0. The summed E-state index contributed by atoms with van der Waals surface area (Å²) in [7, 11) is 0. The van der Waals surface area contributed by atoms with Gasteiger partial charge in [0, 0.05) is 56.7 Å². The highest BCUT2D eigenvalue weighted by atomic mass is 16.1. The number of rotatable bonds is 6. The molecule has 2 aromatic heterocycles. The Morgan fingerprint density at radius 3 is 2.43 bits per heavy atom. The minimum atomic E-state index is 0.150. The fraction of sp³-hybridized carbons (Fsp3) is 0.333. The van der Waals surface area contributed by atoms with Crippen LogP contribution < -0.4 is 10.2 Å². The number of benzene rings is 2. The van der Waals surface area contributed by atoms with Gasteiger partial charge < -0.3 is 10.2 Å². The zero-order valence-corrected chi connectivity index (χ0v) is 21.0. The Morgan fingerprint density at radius 2 is 1.68 bits per heavy atom. The average molecular weight is 493 g/mol. The Labute approximate surface area is 217 Å². The van der Waals surface area contributed by atoms with Gasteiger partial charge in [-0.15, -0.1) is 0 Å². The monoisotopic (exact) mass is 492 g/mol. The normalized spacial score (nSPS) is 16.8. The molecule has 0 spiro atoms. The molecule has 1 amide bonds. The van der Waals surface area contributed by atoms with Gasteiger partial charge >= 0.3 is 0 Å². The van der Waals surface area contributed by atoms with Crippen LogP contribution in [0.2, 0.25) is 0 Å². The Kier molecular flexibility index (Phi) is 6.78. The number of hydrogen-bond donors (Lipinski definition) is 1. The van der Waals surface area contributed by atoms with Crippen molar-refractivity contribution in [1.82, 2.24) is 19.9 Å². The molecule has 188 valence electrons. The molecule has 1 aliphatic heterocycles. The SMILES string of the molecule is O=C(Nc1ccc(-c2ccc3ncc(N4CCN(Cc5cccnc5)CC4)nc3c2)cc1)C1CCCC1. The van der Waals surface area contributed by atoms with Gasteiger partial charge in [-0.25, -0.2) is 4.98 Å². The van der Waals surface area contributed by atoms with Crippen molar-refractivity contribution in [3.05, 3.63) is 78.8 Å². The minimum Gasteiger partial charge on any atom is -0.353 e. The number of aromatic nitrogens is 3. The van der Waals surface area contributed by atoms with Crippen molar-refractivity contribution in [2.75, 3.05) is 36.4 Å². The van der Waals surface area contributed by atoms with Crippen molar-refractivity contribution in [2.24, 2.45) is 5.92 Å². The third-order valence-corrected chi connectivity index (χ3v) is 7.57. The van der Waals surface area contributed by atoms with Crippen LogP contribution in [-0.2, 0) is 11.3 Å². The highest BCUT2D eigenvalue weighted by Crippen LogP contribution is 2.28. The fourth-order valence-corrected chi connectivity index (χ4v) is 5.40. The van der Waals surface area contributed by atoms with Crippen molar-refractivity contribution >= 4 is 28.4 Å². The average Bonchev–Trinajstić information content (AvgIpc) is 3.49. The maximum absolute atomic E-state index is 12.4. The molecule has 1 aliphatic carbocycles. The first-order valence-electron chi connectivity index (χ1n) is 13.3. The predicted octanol–water partition coefficient (Wildman–Crippen LogP) is 5.14. The van der Waals surface area contributed by atoms with Crippen LogP contribution in [0.25, 0.3) is 22.2 Å². The molecule has 6 rings (SSSR count). The Morgan fingerprint density at radius 1 is 0.892 bits per heavy atom. The van der Waals surface area contributed by atoms with E-state index >= 15 is 0 Å². The molecule has 0 unspecified atom stereocenters. The quantitative estimate of drug-likeness (QED) is 0.402. The third kappa shape index (κ3) is 5.47. The third-order valence-electron chi connectivity index (χ3n) is 7.57. The summed E-state index contributed by atoms with van der Waals surface area (Å²) in [4.78, 5) is 31.1. The maximum atomic E-state index is 12.4. The Bertz CT molecular complexity index is 1360. The van der Waals surface area contributed by atoms with E-state index in [9.17, 15) is 4.79 Å². The molecular formula is C30H32N6O. The lowest BCUT2D eigenvalue weighted by molar-refractivity contribution is -0.119. The van der Waals surface area contributed by atoms with Crippen LogP contribution in [0.3, 0.4) is 0 Å². The summed E-state index contributed by atoms with van der Waals surface area (Å²) in [5.41, 5.74) is 6.07. The zero-order chi connectivity index (χ0) is 25.0. The number of carbonyl (C=O) groups excluding carboxylic acids is 1. The first-order valence-corrected chi connectivity index (χ1v) is 13.3. The summed E-state index contributed by atoms with van der Waals surface area (Å²) in [6, 6.07) is 18.4. The van der Waals surface area contributed by atoms with Crippen molar-refractivity contribution in [2.45, 2.75) is 32.2 Å². The van der Waals surface area contributed by atoms with E-state index in [4.69, 9.17) is 4.98 Å². The standard InChI is InChI=1S/C30H32N6O/c37-30(24-5-1-2-6-24)33-26-10-7-23(8-11-26)25-9-12-27-28(18-25)34-29(20-32-27)36-16-14-35(15-17-36)21-22-4-3-13-31-19-22/h3-4,7-13,18-20,24H,1-2,5-6,14-17,21H2,(H,33,37). The molecule has 0 radical (unpaired) electrons. The number of piperazine rings is 1. The lowest BCUT2D eigenvalue weighted by Gasteiger charge is -2.35. The van der Waals surface area contributed by atoms with Gasteiger partial charge in [-0.3, -0.25) is 19.7 Å².